The van der Waals surface area contributed by atoms with E-state index in [-0.39, 0.29) is 19.1 Å². The first-order chi connectivity index (χ1) is 32.5. The Kier molecular flexibility index (Phi) is 49.2. The number of rotatable bonds is 54. The third-order valence-electron chi connectivity index (χ3n) is 13.4. The molecule has 8 nitrogen and oxygen atoms in total. The Morgan fingerprint density at radius 3 is 1.21 bits per heavy atom. The van der Waals surface area contributed by atoms with Crippen LogP contribution in [0.4, 0.5) is 0 Å². The molecule has 0 bridgehead atoms. The number of unbranched alkanes of at least 4 members (excludes halogenated alkanes) is 39. The van der Waals surface area contributed by atoms with E-state index in [2.05, 4.69) is 31.3 Å². The predicted molar refractivity (Wildman–Crippen MR) is 289 cm³/mol. The van der Waals surface area contributed by atoms with E-state index in [1.807, 2.05) is 27.2 Å². The molecule has 0 fully saturated rings. The molecule has 3 atom stereocenters. The number of hydrogen-bond acceptors (Lipinski definition) is 6. The number of quaternary nitrogens is 1. The number of nitrogens with one attached hydrogen (secondary N) is 1. The van der Waals surface area contributed by atoms with Crippen LogP contribution in [0.2, 0.25) is 0 Å². The fourth-order valence-corrected chi connectivity index (χ4v) is 9.54. The van der Waals surface area contributed by atoms with Gasteiger partial charge < -0.3 is 28.8 Å². The zero-order valence-electron chi connectivity index (χ0n) is 45.4. The van der Waals surface area contributed by atoms with Gasteiger partial charge in [0.15, 0.2) is 0 Å². The van der Waals surface area contributed by atoms with Gasteiger partial charge in [0, 0.05) is 6.42 Å². The topological polar surface area (TPSA) is 108 Å². The molecule has 1 amide bonds. The summed E-state index contributed by atoms with van der Waals surface area (Å²) < 4.78 is 23.3. The lowest BCUT2D eigenvalue weighted by molar-refractivity contribution is -0.870. The summed E-state index contributed by atoms with van der Waals surface area (Å²) in [6.07, 6.45) is 62.7. The van der Waals surface area contributed by atoms with Gasteiger partial charge in [0.2, 0.25) is 5.91 Å². The number of amides is 1. The predicted octanol–water partition coefficient (Wildman–Crippen LogP) is 17.0. The van der Waals surface area contributed by atoms with E-state index in [1.54, 1.807) is 6.08 Å². The Balaban J connectivity index is 4.14. The van der Waals surface area contributed by atoms with Crippen LogP contribution in [-0.4, -0.2) is 68.5 Å². The quantitative estimate of drug-likeness (QED) is 0.0272. The first kappa shape index (κ1) is 66.0. The molecule has 0 aliphatic rings. The lowest BCUT2D eigenvalue weighted by Gasteiger charge is -2.29. The summed E-state index contributed by atoms with van der Waals surface area (Å²) >= 11 is 0. The number of carbonyl (C=O) groups excluding carboxylic acids is 1. The molecule has 0 heterocycles. The summed E-state index contributed by atoms with van der Waals surface area (Å²) in [5.74, 6) is -0.203. The average molecular weight is 968 g/mol. The second kappa shape index (κ2) is 49.9. The van der Waals surface area contributed by atoms with Gasteiger partial charge in [-0.3, -0.25) is 9.36 Å². The molecular formula is C58H115N2O6P. The van der Waals surface area contributed by atoms with Gasteiger partial charge in [-0.25, -0.2) is 0 Å². The van der Waals surface area contributed by atoms with Crippen LogP contribution in [0, 0.1) is 0 Å². The zero-order valence-corrected chi connectivity index (χ0v) is 46.3. The van der Waals surface area contributed by atoms with E-state index in [9.17, 15) is 19.4 Å². The van der Waals surface area contributed by atoms with Crippen molar-refractivity contribution in [2.24, 2.45) is 0 Å². The van der Waals surface area contributed by atoms with Crippen molar-refractivity contribution < 1.29 is 32.9 Å². The number of phosphoric ester groups is 1. The molecular weight excluding hydrogens is 852 g/mol. The van der Waals surface area contributed by atoms with Crippen LogP contribution in [-0.2, 0) is 18.4 Å². The van der Waals surface area contributed by atoms with Crippen molar-refractivity contribution in [1.82, 2.24) is 5.32 Å². The van der Waals surface area contributed by atoms with Gasteiger partial charge in [-0.2, -0.15) is 0 Å². The van der Waals surface area contributed by atoms with Gasteiger partial charge in [0.05, 0.1) is 39.9 Å². The van der Waals surface area contributed by atoms with Gasteiger partial charge >= 0.3 is 0 Å². The molecule has 0 aliphatic heterocycles. The maximum absolute atomic E-state index is 12.9. The maximum Gasteiger partial charge on any atom is 0.268 e. The molecule has 398 valence electrons. The van der Waals surface area contributed by atoms with Crippen molar-refractivity contribution in [1.29, 1.82) is 0 Å². The monoisotopic (exact) mass is 967 g/mol. The molecule has 2 N–H and O–H groups in total. The summed E-state index contributed by atoms with van der Waals surface area (Å²) in [5.41, 5.74) is 0. The van der Waals surface area contributed by atoms with Crippen molar-refractivity contribution >= 4 is 13.7 Å². The van der Waals surface area contributed by atoms with Gasteiger partial charge in [-0.1, -0.05) is 276 Å². The molecule has 0 spiro atoms. The Labute approximate surface area is 417 Å². The largest absolute Gasteiger partial charge is 0.756 e. The molecule has 0 radical (unpaired) electrons. The van der Waals surface area contributed by atoms with Crippen molar-refractivity contribution in [3.05, 3.63) is 24.3 Å². The molecule has 0 rings (SSSR count). The van der Waals surface area contributed by atoms with Gasteiger partial charge in [-0.05, 0) is 32.1 Å². The maximum atomic E-state index is 12.9. The second-order valence-electron chi connectivity index (χ2n) is 21.4. The van der Waals surface area contributed by atoms with Gasteiger partial charge in [0.25, 0.3) is 7.82 Å². The second-order valence-corrected chi connectivity index (χ2v) is 22.8. The van der Waals surface area contributed by atoms with Crippen LogP contribution < -0.4 is 10.2 Å². The summed E-state index contributed by atoms with van der Waals surface area (Å²) in [7, 11) is 1.26. The molecule has 0 saturated heterocycles. The molecule has 0 aromatic carbocycles. The number of phosphoric acid groups is 1. The zero-order chi connectivity index (χ0) is 49.2. The summed E-state index contributed by atoms with van der Waals surface area (Å²) in [6, 6.07) is -0.899. The average Bonchev–Trinajstić information content (AvgIpc) is 3.29. The van der Waals surface area contributed by atoms with Gasteiger partial charge in [-0.15, -0.1) is 0 Å². The fourth-order valence-electron chi connectivity index (χ4n) is 8.82. The van der Waals surface area contributed by atoms with Gasteiger partial charge in [0.1, 0.15) is 13.2 Å². The van der Waals surface area contributed by atoms with E-state index < -0.39 is 20.0 Å². The van der Waals surface area contributed by atoms with Crippen LogP contribution in [0.3, 0.4) is 0 Å². The normalized spacial score (nSPS) is 14.1. The molecule has 0 aliphatic carbocycles. The lowest BCUT2D eigenvalue weighted by atomic mass is 10.0. The lowest BCUT2D eigenvalue weighted by Crippen LogP contribution is -2.45. The molecule has 3 unspecified atom stereocenters. The fraction of sp³-hybridized carbons (Fsp3) is 0.914. The highest BCUT2D eigenvalue weighted by molar-refractivity contribution is 7.45. The van der Waals surface area contributed by atoms with Crippen molar-refractivity contribution in [2.45, 2.75) is 302 Å². The first-order valence-electron chi connectivity index (χ1n) is 29.2. The Morgan fingerprint density at radius 2 is 0.836 bits per heavy atom. The summed E-state index contributed by atoms with van der Waals surface area (Å²) in [5, 5.41) is 13.9. The molecule has 67 heavy (non-hydrogen) atoms. The summed E-state index contributed by atoms with van der Waals surface area (Å²) in [4.78, 5) is 25.4. The van der Waals surface area contributed by atoms with Crippen molar-refractivity contribution in [2.75, 3.05) is 40.9 Å². The highest BCUT2D eigenvalue weighted by Crippen LogP contribution is 2.38. The molecule has 0 saturated carbocycles. The Hall–Kier alpha value is -1.02. The van der Waals surface area contributed by atoms with E-state index in [1.165, 1.54) is 231 Å². The third-order valence-corrected chi connectivity index (χ3v) is 14.4. The minimum absolute atomic E-state index is 0.00383. The number of carbonyl (C=O) groups is 1. The van der Waals surface area contributed by atoms with Crippen LogP contribution in [0.15, 0.2) is 24.3 Å². The minimum Gasteiger partial charge on any atom is -0.756 e. The summed E-state index contributed by atoms with van der Waals surface area (Å²) in [6.45, 7) is 4.67. The van der Waals surface area contributed by atoms with E-state index in [0.717, 1.165) is 38.5 Å². The van der Waals surface area contributed by atoms with Crippen LogP contribution >= 0.6 is 7.82 Å². The van der Waals surface area contributed by atoms with Crippen LogP contribution in [0.5, 0.6) is 0 Å². The third kappa shape index (κ3) is 52.6. The van der Waals surface area contributed by atoms with Crippen molar-refractivity contribution in [3.8, 4) is 0 Å². The number of allylic oxidation sites excluding steroid dienone is 3. The van der Waals surface area contributed by atoms with Crippen molar-refractivity contribution in [3.63, 3.8) is 0 Å². The minimum atomic E-state index is -4.60. The number of aliphatic hydroxyl groups is 1. The SMILES string of the molecule is CCCCCCCCCCCCCCCCCCCCCCCCCC/C=C/CC/C=C/C(O)C(COP(=O)([O-])OCC[N+](C)(C)C)NC(=O)CCCCCCCCCCCCCCCCC. The molecule has 0 aromatic rings. The van der Waals surface area contributed by atoms with Crippen LogP contribution in [0.25, 0.3) is 0 Å². The van der Waals surface area contributed by atoms with E-state index in [0.29, 0.717) is 17.4 Å². The molecule has 0 aromatic heterocycles. The smallest absolute Gasteiger partial charge is 0.268 e. The number of nitrogens with zero attached hydrogens (tertiary/aromatic N) is 1. The Morgan fingerprint density at radius 1 is 0.507 bits per heavy atom. The number of likely N-dealkylation sites (N-methyl/N-ethyl adjacent to an activating group) is 1. The van der Waals surface area contributed by atoms with E-state index >= 15 is 0 Å². The first-order valence-corrected chi connectivity index (χ1v) is 30.7. The van der Waals surface area contributed by atoms with E-state index in [4.69, 9.17) is 9.05 Å². The van der Waals surface area contributed by atoms with Crippen LogP contribution in [0.1, 0.15) is 290 Å². The highest BCUT2D eigenvalue weighted by Gasteiger charge is 2.23. The number of aliphatic hydroxyl groups excluding tert-OH is 1. The Bertz CT molecular complexity index is 1140. The standard InChI is InChI=1S/C58H115N2O6P/c1-6-8-10-12-14-16-18-20-22-23-24-25-26-27-28-29-30-31-32-33-34-35-36-38-39-41-43-45-47-49-51-57(61)56(55-66-67(63,64)65-54-53-60(3,4)5)59-58(62)52-50-48-46-44-42-40-37-21-19-17-15-13-11-9-7-2/h41,43,49,51,56-57,61H,6-40,42,44-48,50,52-55H2,1-5H3,(H-,59,62,63,64)/b43-41+,51-49+. The highest BCUT2D eigenvalue weighted by atomic mass is 31.2. The molecule has 9 heteroatoms. The number of hydrogen-bond donors (Lipinski definition) is 2.